The van der Waals surface area contributed by atoms with Crippen molar-refractivity contribution in [2.45, 2.75) is 18.3 Å². The van der Waals surface area contributed by atoms with Gasteiger partial charge in [-0.3, -0.25) is 0 Å². The maximum absolute atomic E-state index is 10.7. The third-order valence-corrected chi connectivity index (χ3v) is 2.27. The van der Waals surface area contributed by atoms with Crippen LogP contribution in [-0.2, 0) is 14.3 Å². The van der Waals surface area contributed by atoms with Crippen molar-refractivity contribution in [1.29, 1.82) is 0 Å². The van der Waals surface area contributed by atoms with Gasteiger partial charge in [-0.25, -0.2) is 0 Å². The molecule has 0 unspecified atom stereocenters. The normalized spacial score (nSPS) is 16.6. The highest BCUT2D eigenvalue weighted by Gasteiger charge is 2.26. The van der Waals surface area contributed by atoms with Crippen LogP contribution >= 0.6 is 0 Å². The van der Waals surface area contributed by atoms with Gasteiger partial charge in [0.15, 0.2) is 6.29 Å². The van der Waals surface area contributed by atoms with Gasteiger partial charge in [-0.2, -0.15) is 0 Å². The van der Waals surface area contributed by atoms with Crippen LogP contribution in [0, 0.1) is 0 Å². The number of carbonyl (C=O) groups is 1. The molecule has 0 aromatic heterocycles. The molecule has 0 radical (unpaired) electrons. The molecule has 0 heterocycles. The van der Waals surface area contributed by atoms with Crippen LogP contribution in [0.4, 0.5) is 0 Å². The zero-order chi connectivity index (χ0) is 14.0. The molecule has 0 aliphatic carbocycles. The van der Waals surface area contributed by atoms with Crippen molar-refractivity contribution in [1.82, 2.24) is 4.90 Å². The first kappa shape index (κ1) is 17.4. The number of aldehydes is 1. The van der Waals surface area contributed by atoms with Gasteiger partial charge in [-0.15, -0.1) is 0 Å². The Morgan fingerprint density at radius 1 is 1.22 bits per heavy atom. The minimum Gasteiger partial charge on any atom is -0.394 e. The molecule has 0 saturated carbocycles. The molecule has 0 fully saturated rings. The van der Waals surface area contributed by atoms with E-state index in [-0.39, 0.29) is 6.61 Å². The van der Waals surface area contributed by atoms with Crippen molar-refractivity contribution in [3.8, 4) is 0 Å². The lowest BCUT2D eigenvalue weighted by atomic mass is 10.1. The van der Waals surface area contributed by atoms with E-state index in [0.717, 1.165) is 6.54 Å². The van der Waals surface area contributed by atoms with Crippen LogP contribution in [0.15, 0.2) is 0 Å². The standard InChI is InChI=1S/C11H23NO6/c1-12(2)3-4-17-5-6-18-10(8-14)11(16)9(15)7-13/h8-11,13,15-16H,3-7H2,1-2H3/t9-,10+,11-/m1/s1. The van der Waals surface area contributed by atoms with Crippen LogP contribution < -0.4 is 0 Å². The number of aliphatic hydroxyl groups is 3. The largest absolute Gasteiger partial charge is 0.394 e. The average Bonchev–Trinajstić information content (AvgIpc) is 2.36. The molecule has 0 aromatic rings. The molecule has 0 saturated heterocycles. The van der Waals surface area contributed by atoms with Gasteiger partial charge in [0.05, 0.1) is 26.4 Å². The van der Waals surface area contributed by atoms with Gasteiger partial charge in [0.2, 0.25) is 0 Å². The van der Waals surface area contributed by atoms with Crippen LogP contribution in [0.2, 0.25) is 0 Å². The average molecular weight is 265 g/mol. The van der Waals surface area contributed by atoms with Crippen molar-refractivity contribution in [2.24, 2.45) is 0 Å². The molecule has 18 heavy (non-hydrogen) atoms. The molecular weight excluding hydrogens is 242 g/mol. The molecule has 0 bridgehead atoms. The molecule has 0 spiro atoms. The summed E-state index contributed by atoms with van der Waals surface area (Å²) in [5, 5.41) is 27.2. The molecular formula is C11H23NO6. The van der Waals surface area contributed by atoms with E-state index in [2.05, 4.69) is 0 Å². The van der Waals surface area contributed by atoms with Crippen molar-refractivity contribution in [3.63, 3.8) is 0 Å². The lowest BCUT2D eigenvalue weighted by Crippen LogP contribution is -2.42. The molecule has 3 N–H and O–H groups in total. The number of hydrogen-bond donors (Lipinski definition) is 3. The fraction of sp³-hybridized carbons (Fsp3) is 0.909. The van der Waals surface area contributed by atoms with Crippen LogP contribution in [0.5, 0.6) is 0 Å². The Kier molecular flexibility index (Phi) is 10.0. The summed E-state index contributed by atoms with van der Waals surface area (Å²) in [7, 11) is 3.85. The summed E-state index contributed by atoms with van der Waals surface area (Å²) in [4.78, 5) is 12.6. The van der Waals surface area contributed by atoms with Gasteiger partial charge in [0.25, 0.3) is 0 Å². The Labute approximate surface area is 107 Å². The number of aliphatic hydroxyl groups excluding tert-OH is 3. The summed E-state index contributed by atoms with van der Waals surface area (Å²) in [6.07, 6.45) is -3.60. The van der Waals surface area contributed by atoms with E-state index in [1.54, 1.807) is 0 Å². The smallest absolute Gasteiger partial charge is 0.151 e. The molecule has 0 aliphatic rings. The maximum atomic E-state index is 10.7. The van der Waals surface area contributed by atoms with Crippen LogP contribution in [0.3, 0.4) is 0 Å². The lowest BCUT2D eigenvalue weighted by Gasteiger charge is -2.21. The number of rotatable bonds is 11. The van der Waals surface area contributed by atoms with E-state index >= 15 is 0 Å². The summed E-state index contributed by atoms with van der Waals surface area (Å²) in [6, 6.07) is 0. The van der Waals surface area contributed by atoms with Crippen molar-refractivity contribution in [3.05, 3.63) is 0 Å². The van der Waals surface area contributed by atoms with Gasteiger partial charge >= 0.3 is 0 Å². The predicted octanol–water partition coefficient (Wildman–Crippen LogP) is -2.14. The Morgan fingerprint density at radius 2 is 1.89 bits per heavy atom. The van der Waals surface area contributed by atoms with Gasteiger partial charge in [0, 0.05) is 6.54 Å². The molecule has 108 valence electrons. The summed E-state index contributed by atoms with van der Waals surface area (Å²) in [5.41, 5.74) is 0. The molecule has 0 rings (SSSR count). The number of likely N-dealkylation sites (N-methyl/N-ethyl adjacent to an activating group) is 1. The highest BCUT2D eigenvalue weighted by molar-refractivity contribution is 5.57. The number of carbonyl (C=O) groups excluding carboxylic acids is 1. The highest BCUT2D eigenvalue weighted by atomic mass is 16.5. The molecule has 0 amide bonds. The molecule has 0 aliphatic heterocycles. The quantitative estimate of drug-likeness (QED) is 0.290. The van der Waals surface area contributed by atoms with E-state index < -0.39 is 24.9 Å². The first-order valence-electron chi connectivity index (χ1n) is 5.79. The minimum atomic E-state index is -1.44. The second-order valence-electron chi connectivity index (χ2n) is 4.13. The fourth-order valence-electron chi connectivity index (χ4n) is 1.14. The van der Waals surface area contributed by atoms with Crippen LogP contribution in [0.1, 0.15) is 0 Å². The zero-order valence-corrected chi connectivity index (χ0v) is 10.9. The molecule has 7 nitrogen and oxygen atoms in total. The Balaban J connectivity index is 3.71. The van der Waals surface area contributed by atoms with Gasteiger partial charge in [-0.05, 0) is 14.1 Å². The molecule has 3 atom stereocenters. The maximum Gasteiger partial charge on any atom is 0.151 e. The Hall–Kier alpha value is -0.570. The zero-order valence-electron chi connectivity index (χ0n) is 10.9. The molecule has 7 heteroatoms. The van der Waals surface area contributed by atoms with Gasteiger partial charge in [0.1, 0.15) is 18.3 Å². The van der Waals surface area contributed by atoms with Crippen LogP contribution in [-0.4, -0.2) is 91.9 Å². The second-order valence-corrected chi connectivity index (χ2v) is 4.13. The SMILES string of the molecule is CN(C)CCOCCO[C@@H](C=O)[C@H](O)[C@H](O)CO. The van der Waals surface area contributed by atoms with Crippen molar-refractivity contribution >= 4 is 6.29 Å². The Morgan fingerprint density at radius 3 is 2.39 bits per heavy atom. The van der Waals surface area contributed by atoms with Crippen molar-refractivity contribution < 1.29 is 29.6 Å². The first-order chi connectivity index (χ1) is 8.52. The van der Waals surface area contributed by atoms with E-state index in [1.807, 2.05) is 19.0 Å². The number of nitrogens with zero attached hydrogens (tertiary/aromatic N) is 1. The minimum absolute atomic E-state index is 0.131. The van der Waals surface area contributed by atoms with E-state index in [1.165, 1.54) is 0 Å². The number of hydrogen-bond acceptors (Lipinski definition) is 7. The first-order valence-corrected chi connectivity index (χ1v) is 5.79. The second kappa shape index (κ2) is 10.4. The topological polar surface area (TPSA) is 99.5 Å². The monoisotopic (exact) mass is 265 g/mol. The van der Waals surface area contributed by atoms with E-state index in [9.17, 15) is 9.90 Å². The predicted molar refractivity (Wildman–Crippen MR) is 64.3 cm³/mol. The molecule has 0 aromatic carbocycles. The fourth-order valence-corrected chi connectivity index (χ4v) is 1.14. The summed E-state index contributed by atoms with van der Waals surface area (Å²) >= 11 is 0. The van der Waals surface area contributed by atoms with Crippen molar-refractivity contribution in [2.75, 3.05) is 47.1 Å². The number of ether oxygens (including phenoxy) is 2. The lowest BCUT2D eigenvalue weighted by molar-refractivity contribution is -0.138. The Bertz CT molecular complexity index is 214. The van der Waals surface area contributed by atoms with E-state index in [4.69, 9.17) is 19.7 Å². The van der Waals surface area contributed by atoms with Gasteiger partial charge in [-0.1, -0.05) is 0 Å². The van der Waals surface area contributed by atoms with E-state index in [0.29, 0.717) is 19.5 Å². The third kappa shape index (κ3) is 7.70. The summed E-state index contributed by atoms with van der Waals surface area (Å²) < 4.78 is 10.3. The van der Waals surface area contributed by atoms with Crippen LogP contribution in [0.25, 0.3) is 0 Å². The highest BCUT2D eigenvalue weighted by Crippen LogP contribution is 2.02. The summed E-state index contributed by atoms with van der Waals surface area (Å²) in [6.45, 7) is 1.12. The third-order valence-electron chi connectivity index (χ3n) is 2.27. The van der Waals surface area contributed by atoms with Gasteiger partial charge < -0.3 is 34.5 Å². The summed E-state index contributed by atoms with van der Waals surface area (Å²) in [5.74, 6) is 0.